The number of nitrogens with zero attached hydrogens (tertiary/aromatic N) is 3. The van der Waals surface area contributed by atoms with Gasteiger partial charge in [0.25, 0.3) is 11.6 Å². The van der Waals surface area contributed by atoms with E-state index in [4.69, 9.17) is 14.8 Å². The minimum atomic E-state index is -0.701. The molecule has 0 aliphatic heterocycles. The number of aromatic nitrogens is 4. The summed E-state index contributed by atoms with van der Waals surface area (Å²) in [6.45, 7) is 2.86. The van der Waals surface area contributed by atoms with Crippen LogP contribution < -0.4 is 10.3 Å². The number of ether oxygens (including phenoxy) is 1. The topological polar surface area (TPSA) is 110 Å². The smallest absolute Gasteiger partial charge is 0.303 e. The molecule has 0 aromatic carbocycles. The second-order valence-electron chi connectivity index (χ2n) is 10.3. The van der Waals surface area contributed by atoms with Gasteiger partial charge in [-0.1, -0.05) is 6.92 Å². The quantitative estimate of drug-likeness (QED) is 0.630. The highest BCUT2D eigenvalue weighted by molar-refractivity contribution is 5.71. The third-order valence-electron chi connectivity index (χ3n) is 8.37. The molecule has 8 nitrogen and oxygen atoms in total. The molecule has 2 aromatic rings. The molecule has 0 unspecified atom stereocenters. The second kappa shape index (κ2) is 8.19. The Balaban J connectivity index is 1.47. The van der Waals surface area contributed by atoms with Crippen LogP contribution in [0.25, 0.3) is 11.2 Å². The van der Waals surface area contributed by atoms with Gasteiger partial charge in [0, 0.05) is 18.4 Å². The maximum atomic E-state index is 13.1. The summed E-state index contributed by atoms with van der Waals surface area (Å²) < 4.78 is 8.08. The average molecular weight is 443 g/mol. The van der Waals surface area contributed by atoms with Crippen molar-refractivity contribution in [2.24, 2.45) is 5.41 Å². The zero-order valence-electron chi connectivity index (χ0n) is 19.0. The minimum Gasteiger partial charge on any atom is -0.481 e. The average Bonchev–Trinajstić information content (AvgIpc) is 3.43. The van der Waals surface area contributed by atoms with Crippen LogP contribution in [-0.4, -0.2) is 36.7 Å². The Hall–Kier alpha value is -2.38. The molecule has 0 radical (unpaired) electrons. The lowest BCUT2D eigenvalue weighted by Gasteiger charge is -2.53. The van der Waals surface area contributed by atoms with E-state index in [9.17, 15) is 9.59 Å². The molecule has 6 rings (SSSR count). The molecule has 2 bridgehead atoms. The molecule has 32 heavy (non-hydrogen) atoms. The number of rotatable bonds is 8. The SMILES string of the molecule is CCCn1c(C23CCC(CCC(=O)O)(CC2)CC3)nc2nc(OC3CCCC3)[nH]c(=O)c21. The van der Waals surface area contributed by atoms with E-state index in [2.05, 4.69) is 21.5 Å². The van der Waals surface area contributed by atoms with Gasteiger partial charge in [-0.2, -0.15) is 4.98 Å². The fraction of sp³-hybridized carbons (Fsp3) is 0.750. The van der Waals surface area contributed by atoms with Crippen molar-refractivity contribution in [2.45, 2.75) is 108 Å². The van der Waals surface area contributed by atoms with Crippen LogP contribution in [0, 0.1) is 5.41 Å². The van der Waals surface area contributed by atoms with Gasteiger partial charge in [-0.15, -0.1) is 0 Å². The van der Waals surface area contributed by atoms with E-state index in [0.29, 0.717) is 17.2 Å². The summed E-state index contributed by atoms with van der Waals surface area (Å²) in [5, 5.41) is 9.15. The number of H-pyrrole nitrogens is 1. The Kier molecular flexibility index (Phi) is 5.50. The maximum absolute atomic E-state index is 13.1. The van der Waals surface area contributed by atoms with Gasteiger partial charge in [0.15, 0.2) is 11.2 Å². The molecule has 4 fully saturated rings. The molecule has 0 spiro atoms. The molecular weight excluding hydrogens is 408 g/mol. The van der Waals surface area contributed by atoms with E-state index in [1.54, 1.807) is 0 Å². The van der Waals surface area contributed by atoms with E-state index in [-0.39, 0.29) is 28.9 Å². The molecule has 0 amide bonds. The molecule has 174 valence electrons. The summed E-state index contributed by atoms with van der Waals surface area (Å²) in [5.74, 6) is 0.296. The number of aromatic amines is 1. The second-order valence-corrected chi connectivity index (χ2v) is 10.3. The molecule has 0 atom stereocenters. The Morgan fingerprint density at radius 2 is 1.84 bits per heavy atom. The van der Waals surface area contributed by atoms with Crippen molar-refractivity contribution in [3.8, 4) is 6.01 Å². The van der Waals surface area contributed by atoms with Crippen LogP contribution in [0.5, 0.6) is 6.01 Å². The summed E-state index contributed by atoms with van der Waals surface area (Å²) in [5.41, 5.74) is 1.00. The number of fused-ring (bicyclic) bond motifs is 4. The molecule has 8 heteroatoms. The summed E-state index contributed by atoms with van der Waals surface area (Å²) in [4.78, 5) is 36.7. The van der Waals surface area contributed by atoms with Crippen LogP contribution in [0.1, 0.15) is 96.2 Å². The Bertz CT molecular complexity index is 1040. The number of carboxylic acid groups (broad SMARTS) is 1. The maximum Gasteiger partial charge on any atom is 0.303 e. The van der Waals surface area contributed by atoms with Crippen LogP contribution in [0.15, 0.2) is 4.79 Å². The van der Waals surface area contributed by atoms with E-state index in [1.807, 2.05) is 0 Å². The highest BCUT2D eigenvalue weighted by Gasteiger charge is 2.51. The molecule has 2 heterocycles. The molecule has 4 saturated carbocycles. The predicted octanol–water partition coefficient (Wildman–Crippen LogP) is 4.31. The Morgan fingerprint density at radius 1 is 1.16 bits per heavy atom. The predicted molar refractivity (Wildman–Crippen MR) is 120 cm³/mol. The van der Waals surface area contributed by atoms with Crippen LogP contribution in [0.3, 0.4) is 0 Å². The van der Waals surface area contributed by atoms with Gasteiger partial charge in [0.2, 0.25) is 0 Å². The third kappa shape index (κ3) is 3.71. The lowest BCUT2D eigenvalue weighted by atomic mass is 9.52. The largest absolute Gasteiger partial charge is 0.481 e. The van der Waals surface area contributed by atoms with Crippen LogP contribution >= 0.6 is 0 Å². The van der Waals surface area contributed by atoms with E-state index in [0.717, 1.165) is 89.4 Å². The number of hydrogen-bond acceptors (Lipinski definition) is 5. The molecule has 4 aliphatic rings. The zero-order valence-corrected chi connectivity index (χ0v) is 19.0. The Labute approximate surface area is 187 Å². The number of carboxylic acids is 1. The molecule has 2 N–H and O–H groups in total. The van der Waals surface area contributed by atoms with Gasteiger partial charge < -0.3 is 14.4 Å². The number of aliphatic carboxylic acids is 1. The van der Waals surface area contributed by atoms with Gasteiger partial charge in [0.05, 0.1) is 0 Å². The first-order valence-corrected chi connectivity index (χ1v) is 12.3. The highest BCUT2D eigenvalue weighted by Crippen LogP contribution is 2.59. The van der Waals surface area contributed by atoms with Crippen molar-refractivity contribution >= 4 is 17.1 Å². The van der Waals surface area contributed by atoms with E-state index < -0.39 is 5.97 Å². The van der Waals surface area contributed by atoms with Crippen LogP contribution in [0.2, 0.25) is 0 Å². The van der Waals surface area contributed by atoms with Crippen LogP contribution in [0.4, 0.5) is 0 Å². The highest BCUT2D eigenvalue weighted by atomic mass is 16.5. The van der Waals surface area contributed by atoms with Crippen LogP contribution in [-0.2, 0) is 16.8 Å². The van der Waals surface area contributed by atoms with Crippen molar-refractivity contribution < 1.29 is 14.6 Å². The summed E-state index contributed by atoms with van der Waals surface area (Å²) in [6.07, 6.45) is 12.5. The Morgan fingerprint density at radius 3 is 2.47 bits per heavy atom. The first-order valence-electron chi connectivity index (χ1n) is 12.3. The number of hydrogen-bond donors (Lipinski definition) is 2. The van der Waals surface area contributed by atoms with Gasteiger partial charge in [-0.25, -0.2) is 4.98 Å². The van der Waals surface area contributed by atoms with Crippen molar-refractivity contribution in [3.05, 3.63) is 16.2 Å². The fourth-order valence-corrected chi connectivity index (χ4v) is 6.43. The number of imidazole rings is 1. The van der Waals surface area contributed by atoms with Crippen molar-refractivity contribution in [1.29, 1.82) is 0 Å². The molecule has 0 saturated heterocycles. The summed E-state index contributed by atoms with van der Waals surface area (Å²) >= 11 is 0. The first-order chi connectivity index (χ1) is 15.4. The summed E-state index contributed by atoms with van der Waals surface area (Å²) in [7, 11) is 0. The third-order valence-corrected chi connectivity index (χ3v) is 8.37. The van der Waals surface area contributed by atoms with Crippen molar-refractivity contribution in [3.63, 3.8) is 0 Å². The normalized spacial score (nSPS) is 27.9. The van der Waals surface area contributed by atoms with Gasteiger partial charge in [0.1, 0.15) is 11.9 Å². The minimum absolute atomic E-state index is 0.0419. The van der Waals surface area contributed by atoms with Crippen molar-refractivity contribution in [1.82, 2.24) is 19.5 Å². The lowest BCUT2D eigenvalue weighted by molar-refractivity contribution is -0.138. The molecular formula is C24H34N4O4. The number of aryl methyl sites for hydroxylation is 1. The standard InChI is InChI=1S/C24H34N4O4/c1-2-15-28-18-19(26-22(27-20(18)31)32-16-5-3-4-6-16)25-21(28)24-12-9-23(10-13-24,11-14-24)8-7-17(29)30/h16H,2-15H2,1H3,(H,29,30)(H,26,27,31). The van der Waals surface area contributed by atoms with E-state index in [1.165, 1.54) is 0 Å². The molecule has 4 aliphatic carbocycles. The summed E-state index contributed by atoms with van der Waals surface area (Å²) in [6, 6.07) is 0.291. The fourth-order valence-electron chi connectivity index (χ4n) is 6.43. The van der Waals surface area contributed by atoms with Gasteiger partial charge >= 0.3 is 5.97 Å². The lowest BCUT2D eigenvalue weighted by Crippen LogP contribution is -2.45. The molecule has 2 aromatic heterocycles. The van der Waals surface area contributed by atoms with Gasteiger partial charge in [-0.3, -0.25) is 14.6 Å². The first kappa shape index (κ1) is 21.5. The van der Waals surface area contributed by atoms with Crippen molar-refractivity contribution in [2.75, 3.05) is 0 Å². The number of nitrogens with one attached hydrogen (secondary N) is 1. The van der Waals surface area contributed by atoms with E-state index >= 15 is 0 Å². The zero-order chi connectivity index (χ0) is 22.3. The van der Waals surface area contributed by atoms with Gasteiger partial charge in [-0.05, 0) is 82.5 Å². The monoisotopic (exact) mass is 442 g/mol. The number of carbonyl (C=O) groups is 1.